The van der Waals surface area contributed by atoms with Crippen LogP contribution in [0.15, 0.2) is 36.5 Å². The standard InChI is InChI=1S/C16H17N3O3/c1-9-5-3-4-6-12(9)19-15(21)13(14(20)18-16(19)22)10(2)17-11-7-8-11/h3-6,11,13,17H,2,7-8H2,1H3,(H,18,20,22)/p+1. The highest BCUT2D eigenvalue weighted by atomic mass is 16.2. The molecule has 4 amide bonds. The number of nitrogens with one attached hydrogen (secondary N) is 1. The van der Waals surface area contributed by atoms with Gasteiger partial charge in [-0.05, 0) is 25.1 Å². The summed E-state index contributed by atoms with van der Waals surface area (Å²) in [6.07, 6.45) is 2.12. The van der Waals surface area contributed by atoms with Gasteiger partial charge >= 0.3 is 6.03 Å². The molecule has 2 aliphatic rings. The van der Waals surface area contributed by atoms with Crippen LogP contribution in [0.3, 0.4) is 0 Å². The summed E-state index contributed by atoms with van der Waals surface area (Å²) in [6.45, 7) is 5.67. The predicted molar refractivity (Wildman–Crippen MR) is 79.8 cm³/mol. The van der Waals surface area contributed by atoms with Crippen LogP contribution in [-0.2, 0) is 9.59 Å². The molecule has 0 bridgehead atoms. The monoisotopic (exact) mass is 300 g/mol. The molecule has 6 heteroatoms. The van der Waals surface area contributed by atoms with E-state index in [-0.39, 0.29) is 0 Å². The lowest BCUT2D eigenvalue weighted by Crippen LogP contribution is -2.86. The third-order valence-electron chi connectivity index (χ3n) is 3.96. The van der Waals surface area contributed by atoms with E-state index in [1.165, 1.54) is 0 Å². The highest BCUT2D eigenvalue weighted by Gasteiger charge is 2.46. The van der Waals surface area contributed by atoms with Crippen molar-refractivity contribution >= 4 is 23.5 Å². The topological polar surface area (TPSA) is 83.1 Å². The fourth-order valence-corrected chi connectivity index (χ4v) is 2.61. The maximum atomic E-state index is 12.7. The van der Waals surface area contributed by atoms with Crippen molar-refractivity contribution in [2.45, 2.75) is 25.8 Å². The number of hydrogen-bond acceptors (Lipinski definition) is 3. The van der Waals surface area contributed by atoms with Crippen LogP contribution in [0.5, 0.6) is 0 Å². The molecule has 6 nitrogen and oxygen atoms in total. The summed E-state index contributed by atoms with van der Waals surface area (Å²) in [5, 5.41) is 4.13. The molecule has 1 saturated heterocycles. The van der Waals surface area contributed by atoms with E-state index < -0.39 is 23.8 Å². The SMILES string of the molecule is C=C([NH2+]C1CC1)C1C(=O)NC(=O)N(c2ccccc2C)C1=O. The second-order valence-corrected chi connectivity index (χ2v) is 5.77. The van der Waals surface area contributed by atoms with Gasteiger partial charge in [-0.1, -0.05) is 18.2 Å². The molecule has 22 heavy (non-hydrogen) atoms. The second kappa shape index (κ2) is 5.38. The number of rotatable bonds is 4. The molecule has 1 aliphatic carbocycles. The Morgan fingerprint density at radius 1 is 1.27 bits per heavy atom. The number of hydrogen-bond donors (Lipinski definition) is 2. The molecule has 1 unspecified atom stereocenters. The van der Waals surface area contributed by atoms with Gasteiger partial charge in [-0.3, -0.25) is 14.9 Å². The highest BCUT2D eigenvalue weighted by molar-refractivity contribution is 6.28. The summed E-state index contributed by atoms with van der Waals surface area (Å²) in [4.78, 5) is 37.9. The van der Waals surface area contributed by atoms with Gasteiger partial charge in [0.1, 0.15) is 5.70 Å². The zero-order chi connectivity index (χ0) is 15.9. The van der Waals surface area contributed by atoms with E-state index in [4.69, 9.17) is 0 Å². The van der Waals surface area contributed by atoms with Crippen LogP contribution >= 0.6 is 0 Å². The quantitative estimate of drug-likeness (QED) is 0.791. The van der Waals surface area contributed by atoms with Crippen molar-refractivity contribution in [3.05, 3.63) is 42.1 Å². The summed E-state index contributed by atoms with van der Waals surface area (Å²) < 4.78 is 0. The highest BCUT2D eigenvalue weighted by Crippen LogP contribution is 2.25. The number of imide groups is 2. The van der Waals surface area contributed by atoms with Crippen LogP contribution in [0.4, 0.5) is 10.5 Å². The second-order valence-electron chi connectivity index (χ2n) is 5.77. The van der Waals surface area contributed by atoms with Gasteiger partial charge in [0, 0.05) is 12.8 Å². The summed E-state index contributed by atoms with van der Waals surface area (Å²) in [7, 11) is 0. The zero-order valence-corrected chi connectivity index (χ0v) is 12.3. The van der Waals surface area contributed by atoms with Crippen LogP contribution in [0, 0.1) is 12.8 Å². The van der Waals surface area contributed by atoms with Gasteiger partial charge in [-0.2, -0.15) is 0 Å². The number of quaternary nitrogens is 1. The minimum Gasteiger partial charge on any atom is -0.314 e. The average Bonchev–Trinajstić information content (AvgIpc) is 3.24. The van der Waals surface area contributed by atoms with E-state index in [2.05, 4.69) is 11.9 Å². The first-order valence-corrected chi connectivity index (χ1v) is 7.27. The first-order valence-electron chi connectivity index (χ1n) is 7.27. The van der Waals surface area contributed by atoms with Gasteiger partial charge in [0.15, 0.2) is 5.92 Å². The first kappa shape index (κ1) is 14.5. The maximum absolute atomic E-state index is 12.7. The minimum atomic E-state index is -1.03. The number of nitrogens with two attached hydrogens (primary N) is 1. The molecule has 1 atom stereocenters. The number of aryl methyl sites for hydroxylation is 1. The Bertz CT molecular complexity index is 679. The van der Waals surface area contributed by atoms with Gasteiger partial charge in [0.05, 0.1) is 11.7 Å². The molecular formula is C16H18N3O3+. The smallest absolute Gasteiger partial charge is 0.314 e. The number of benzene rings is 1. The van der Waals surface area contributed by atoms with Crippen LogP contribution in [0.2, 0.25) is 0 Å². The molecule has 1 aromatic carbocycles. The summed E-state index contributed by atoms with van der Waals surface area (Å²) >= 11 is 0. The van der Waals surface area contributed by atoms with Crippen molar-refractivity contribution < 1.29 is 19.7 Å². The Morgan fingerprint density at radius 3 is 2.59 bits per heavy atom. The third kappa shape index (κ3) is 2.53. The number of amides is 4. The van der Waals surface area contributed by atoms with E-state index in [1.54, 1.807) is 12.1 Å². The number of carbonyl (C=O) groups is 3. The Morgan fingerprint density at radius 2 is 1.95 bits per heavy atom. The molecule has 114 valence electrons. The molecule has 3 N–H and O–H groups in total. The molecule has 0 aromatic heterocycles. The number of carbonyl (C=O) groups excluding carboxylic acids is 3. The van der Waals surface area contributed by atoms with E-state index in [1.807, 2.05) is 24.4 Å². The molecule has 1 heterocycles. The first-order chi connectivity index (χ1) is 10.5. The number of anilines is 1. The summed E-state index contributed by atoms with van der Waals surface area (Å²) in [5.41, 5.74) is 1.74. The Labute approximate surface area is 128 Å². The van der Waals surface area contributed by atoms with Crippen molar-refractivity contribution in [2.75, 3.05) is 4.90 Å². The normalized spacial score (nSPS) is 21.8. The number of nitrogens with zero attached hydrogens (tertiary/aromatic N) is 1. The number of barbiturate groups is 1. The van der Waals surface area contributed by atoms with Crippen LogP contribution in [-0.4, -0.2) is 23.9 Å². The van der Waals surface area contributed by atoms with Crippen LogP contribution in [0.1, 0.15) is 18.4 Å². The van der Waals surface area contributed by atoms with Crippen molar-refractivity contribution in [1.82, 2.24) is 5.32 Å². The van der Waals surface area contributed by atoms with E-state index in [0.717, 1.165) is 23.3 Å². The molecule has 0 radical (unpaired) electrons. The van der Waals surface area contributed by atoms with Gasteiger partial charge < -0.3 is 5.32 Å². The fraction of sp³-hybridized carbons (Fsp3) is 0.312. The Kier molecular flexibility index (Phi) is 3.54. The van der Waals surface area contributed by atoms with E-state index >= 15 is 0 Å². The van der Waals surface area contributed by atoms with Crippen molar-refractivity contribution in [2.24, 2.45) is 5.92 Å². The molecule has 1 aliphatic heterocycles. The Hall–Kier alpha value is -2.47. The molecule has 0 spiro atoms. The van der Waals surface area contributed by atoms with Crippen molar-refractivity contribution in [3.63, 3.8) is 0 Å². The minimum absolute atomic E-state index is 0.401. The van der Waals surface area contributed by atoms with Gasteiger partial charge in [-0.25, -0.2) is 9.69 Å². The molecule has 3 rings (SSSR count). The summed E-state index contributed by atoms with van der Waals surface area (Å²) in [5.74, 6) is -2.16. The molecular weight excluding hydrogens is 282 g/mol. The van der Waals surface area contributed by atoms with Gasteiger partial charge in [0.25, 0.3) is 11.8 Å². The van der Waals surface area contributed by atoms with Crippen LogP contribution < -0.4 is 15.5 Å². The molecule has 1 saturated carbocycles. The summed E-state index contributed by atoms with van der Waals surface area (Å²) in [6, 6.07) is 6.77. The van der Waals surface area contributed by atoms with Crippen molar-refractivity contribution in [3.8, 4) is 0 Å². The predicted octanol–water partition coefficient (Wildman–Crippen LogP) is 0.434. The van der Waals surface area contributed by atoms with Crippen LogP contribution in [0.25, 0.3) is 0 Å². The third-order valence-corrected chi connectivity index (χ3v) is 3.96. The maximum Gasteiger partial charge on any atom is 0.335 e. The molecule has 1 aromatic rings. The van der Waals surface area contributed by atoms with Gasteiger partial charge in [-0.15, -0.1) is 0 Å². The lowest BCUT2D eigenvalue weighted by molar-refractivity contribution is -0.623. The molecule has 2 fully saturated rings. The van der Waals surface area contributed by atoms with Crippen molar-refractivity contribution in [1.29, 1.82) is 0 Å². The van der Waals surface area contributed by atoms with Gasteiger partial charge in [0.2, 0.25) is 0 Å². The number of urea groups is 1. The number of para-hydroxylation sites is 1. The Balaban J connectivity index is 1.91. The van der Waals surface area contributed by atoms with E-state index in [0.29, 0.717) is 17.4 Å². The lowest BCUT2D eigenvalue weighted by Gasteiger charge is -2.30. The van der Waals surface area contributed by atoms with E-state index in [9.17, 15) is 14.4 Å². The lowest BCUT2D eigenvalue weighted by atomic mass is 10.00. The average molecular weight is 300 g/mol. The fourth-order valence-electron chi connectivity index (χ4n) is 2.61. The largest absolute Gasteiger partial charge is 0.335 e. The zero-order valence-electron chi connectivity index (χ0n) is 12.3.